The molecular formula is C12H14BrN3S. The van der Waals surface area contributed by atoms with Gasteiger partial charge in [-0.2, -0.15) is 0 Å². The molecule has 0 unspecified atom stereocenters. The minimum Gasteiger partial charge on any atom is -0.398 e. The molecule has 2 aromatic rings. The third kappa shape index (κ3) is 2.98. The highest BCUT2D eigenvalue weighted by Crippen LogP contribution is 2.28. The second kappa shape index (κ2) is 5.06. The SMILES string of the molecule is Cc1nc(CNc2cc(C)c(N)cc2Br)cs1. The number of thiazole rings is 1. The molecule has 3 N–H and O–H groups in total. The van der Waals surface area contributed by atoms with Crippen LogP contribution in [0.15, 0.2) is 22.0 Å². The number of aryl methyl sites for hydroxylation is 2. The Morgan fingerprint density at radius 2 is 2.18 bits per heavy atom. The monoisotopic (exact) mass is 311 g/mol. The van der Waals surface area contributed by atoms with E-state index in [1.54, 1.807) is 11.3 Å². The molecule has 0 saturated carbocycles. The van der Waals surface area contributed by atoms with Crippen molar-refractivity contribution in [3.05, 3.63) is 38.3 Å². The van der Waals surface area contributed by atoms with Gasteiger partial charge in [0, 0.05) is 21.2 Å². The Bertz CT molecular complexity index is 537. The summed E-state index contributed by atoms with van der Waals surface area (Å²) in [4.78, 5) is 4.41. The van der Waals surface area contributed by atoms with E-state index in [4.69, 9.17) is 5.73 Å². The number of aromatic nitrogens is 1. The van der Waals surface area contributed by atoms with Crippen molar-refractivity contribution in [1.82, 2.24) is 4.98 Å². The van der Waals surface area contributed by atoms with Crippen LogP contribution in [0.2, 0.25) is 0 Å². The topological polar surface area (TPSA) is 50.9 Å². The van der Waals surface area contributed by atoms with Gasteiger partial charge in [-0.05, 0) is 47.5 Å². The van der Waals surface area contributed by atoms with Crippen molar-refractivity contribution >= 4 is 38.6 Å². The Hall–Kier alpha value is -1.07. The lowest BCUT2D eigenvalue weighted by Crippen LogP contribution is -2.02. The molecule has 17 heavy (non-hydrogen) atoms. The van der Waals surface area contributed by atoms with Crippen LogP contribution in [0, 0.1) is 13.8 Å². The van der Waals surface area contributed by atoms with Crippen LogP contribution in [0.3, 0.4) is 0 Å². The van der Waals surface area contributed by atoms with Gasteiger partial charge in [-0.15, -0.1) is 11.3 Å². The van der Waals surface area contributed by atoms with Crippen molar-refractivity contribution in [3.8, 4) is 0 Å². The van der Waals surface area contributed by atoms with Gasteiger partial charge in [-0.1, -0.05) is 0 Å². The average molecular weight is 312 g/mol. The number of benzene rings is 1. The van der Waals surface area contributed by atoms with Crippen LogP contribution in [0.4, 0.5) is 11.4 Å². The van der Waals surface area contributed by atoms with Gasteiger partial charge in [0.05, 0.1) is 17.2 Å². The summed E-state index contributed by atoms with van der Waals surface area (Å²) in [6.07, 6.45) is 0. The maximum atomic E-state index is 5.83. The summed E-state index contributed by atoms with van der Waals surface area (Å²) in [5.41, 5.74) is 9.81. The molecule has 3 nitrogen and oxygen atoms in total. The van der Waals surface area contributed by atoms with Crippen molar-refractivity contribution in [1.29, 1.82) is 0 Å². The van der Waals surface area contributed by atoms with Gasteiger partial charge in [0.15, 0.2) is 0 Å². The molecule has 2 rings (SSSR count). The van der Waals surface area contributed by atoms with Crippen molar-refractivity contribution < 1.29 is 0 Å². The Balaban J connectivity index is 2.11. The lowest BCUT2D eigenvalue weighted by atomic mass is 10.2. The summed E-state index contributed by atoms with van der Waals surface area (Å²) in [7, 11) is 0. The minimum absolute atomic E-state index is 0.728. The third-order valence-electron chi connectivity index (χ3n) is 2.48. The minimum atomic E-state index is 0.728. The Labute approximate surface area is 113 Å². The Morgan fingerprint density at radius 1 is 1.41 bits per heavy atom. The molecule has 0 atom stereocenters. The van der Waals surface area contributed by atoms with Gasteiger partial charge in [0.1, 0.15) is 0 Å². The molecule has 0 fully saturated rings. The zero-order valence-electron chi connectivity index (χ0n) is 9.75. The molecule has 1 aromatic heterocycles. The Kier molecular flexibility index (Phi) is 3.69. The molecule has 0 radical (unpaired) electrons. The van der Waals surface area contributed by atoms with E-state index >= 15 is 0 Å². The summed E-state index contributed by atoms with van der Waals surface area (Å²) in [5.74, 6) is 0. The fourth-order valence-corrected chi connectivity index (χ4v) is 2.62. The standard InChI is InChI=1S/C12H14BrN3S/c1-7-3-12(10(13)4-11(7)14)15-5-9-6-17-8(2)16-9/h3-4,6,15H,5,14H2,1-2H3. The highest BCUT2D eigenvalue weighted by Gasteiger charge is 2.04. The molecule has 90 valence electrons. The fraction of sp³-hybridized carbons (Fsp3) is 0.250. The van der Waals surface area contributed by atoms with Crippen LogP contribution >= 0.6 is 27.3 Å². The molecule has 0 saturated heterocycles. The Morgan fingerprint density at radius 3 is 2.82 bits per heavy atom. The van der Waals surface area contributed by atoms with Gasteiger partial charge < -0.3 is 11.1 Å². The molecule has 1 heterocycles. The van der Waals surface area contributed by atoms with Crippen LogP contribution in [0.25, 0.3) is 0 Å². The summed E-state index contributed by atoms with van der Waals surface area (Å²) in [6.45, 7) is 4.74. The highest BCUT2D eigenvalue weighted by atomic mass is 79.9. The summed E-state index contributed by atoms with van der Waals surface area (Å²) in [5, 5.41) is 6.51. The van der Waals surface area contributed by atoms with Gasteiger partial charge in [0.2, 0.25) is 0 Å². The number of nitrogens with one attached hydrogen (secondary N) is 1. The molecule has 0 aliphatic heterocycles. The molecule has 1 aromatic carbocycles. The molecule has 0 amide bonds. The molecule has 5 heteroatoms. The molecular weight excluding hydrogens is 298 g/mol. The molecule has 0 bridgehead atoms. The molecule has 0 aliphatic carbocycles. The fourth-order valence-electron chi connectivity index (χ4n) is 1.51. The van der Waals surface area contributed by atoms with E-state index in [1.165, 1.54) is 0 Å². The molecule has 0 aliphatic rings. The summed E-state index contributed by atoms with van der Waals surface area (Å²) >= 11 is 5.17. The van der Waals surface area contributed by atoms with Crippen LogP contribution in [0.5, 0.6) is 0 Å². The normalized spacial score (nSPS) is 10.5. The van der Waals surface area contributed by atoms with E-state index in [1.807, 2.05) is 26.0 Å². The van der Waals surface area contributed by atoms with E-state index in [0.717, 1.165) is 38.7 Å². The van der Waals surface area contributed by atoms with E-state index in [-0.39, 0.29) is 0 Å². The van der Waals surface area contributed by atoms with Crippen LogP contribution in [-0.4, -0.2) is 4.98 Å². The quantitative estimate of drug-likeness (QED) is 0.849. The van der Waals surface area contributed by atoms with E-state index in [0.29, 0.717) is 0 Å². The van der Waals surface area contributed by atoms with Crippen molar-refractivity contribution in [2.24, 2.45) is 0 Å². The van der Waals surface area contributed by atoms with E-state index < -0.39 is 0 Å². The smallest absolute Gasteiger partial charge is 0.0898 e. The third-order valence-corrected chi connectivity index (χ3v) is 3.96. The van der Waals surface area contributed by atoms with Crippen molar-refractivity contribution in [3.63, 3.8) is 0 Å². The number of nitrogen functional groups attached to an aromatic ring is 1. The lowest BCUT2D eigenvalue weighted by Gasteiger charge is -2.10. The highest BCUT2D eigenvalue weighted by molar-refractivity contribution is 9.10. The number of rotatable bonds is 3. The van der Waals surface area contributed by atoms with Crippen LogP contribution in [-0.2, 0) is 6.54 Å². The first kappa shape index (κ1) is 12.4. The number of hydrogen-bond acceptors (Lipinski definition) is 4. The second-order valence-electron chi connectivity index (χ2n) is 3.90. The van der Waals surface area contributed by atoms with E-state index in [9.17, 15) is 0 Å². The number of nitrogens with zero attached hydrogens (tertiary/aromatic N) is 1. The lowest BCUT2D eigenvalue weighted by molar-refractivity contribution is 1.05. The van der Waals surface area contributed by atoms with Crippen molar-refractivity contribution in [2.45, 2.75) is 20.4 Å². The molecule has 0 spiro atoms. The number of hydrogen-bond donors (Lipinski definition) is 2. The predicted molar refractivity (Wildman–Crippen MR) is 77.5 cm³/mol. The predicted octanol–water partition coefficient (Wildman–Crippen LogP) is 3.72. The van der Waals surface area contributed by atoms with Gasteiger partial charge in [0.25, 0.3) is 0 Å². The first-order valence-electron chi connectivity index (χ1n) is 5.27. The van der Waals surface area contributed by atoms with Gasteiger partial charge >= 0.3 is 0 Å². The van der Waals surface area contributed by atoms with Crippen molar-refractivity contribution in [2.75, 3.05) is 11.1 Å². The maximum absolute atomic E-state index is 5.83. The number of halogens is 1. The summed E-state index contributed by atoms with van der Waals surface area (Å²) in [6, 6.07) is 3.96. The first-order valence-corrected chi connectivity index (χ1v) is 6.94. The maximum Gasteiger partial charge on any atom is 0.0898 e. The first-order chi connectivity index (χ1) is 8.06. The van der Waals surface area contributed by atoms with E-state index in [2.05, 4.69) is 31.6 Å². The zero-order valence-corrected chi connectivity index (χ0v) is 12.2. The number of anilines is 2. The largest absolute Gasteiger partial charge is 0.398 e. The summed E-state index contributed by atoms with van der Waals surface area (Å²) < 4.78 is 0.979. The van der Waals surface area contributed by atoms with Crippen LogP contribution < -0.4 is 11.1 Å². The second-order valence-corrected chi connectivity index (χ2v) is 5.82. The average Bonchev–Trinajstić information content (AvgIpc) is 2.68. The van der Waals surface area contributed by atoms with Gasteiger partial charge in [-0.3, -0.25) is 0 Å². The van der Waals surface area contributed by atoms with Gasteiger partial charge in [-0.25, -0.2) is 4.98 Å². The van der Waals surface area contributed by atoms with Crippen LogP contribution in [0.1, 0.15) is 16.3 Å². The number of nitrogens with two attached hydrogens (primary N) is 1. The zero-order chi connectivity index (χ0) is 12.4.